The van der Waals surface area contributed by atoms with Crippen LogP contribution in [0.3, 0.4) is 0 Å². The first kappa shape index (κ1) is 22.3. The van der Waals surface area contributed by atoms with Crippen molar-refractivity contribution in [2.24, 2.45) is 11.7 Å². The van der Waals surface area contributed by atoms with Crippen molar-refractivity contribution < 1.29 is 14.4 Å². The van der Waals surface area contributed by atoms with Crippen LogP contribution in [-0.4, -0.2) is 45.7 Å². The molecule has 1 aliphatic heterocycles. The highest BCUT2D eigenvalue weighted by Crippen LogP contribution is 2.28. The van der Waals surface area contributed by atoms with Crippen LogP contribution in [0.15, 0.2) is 35.8 Å². The number of carbonyl (C=O) groups is 3. The molecule has 3 aromatic rings. The Balaban J connectivity index is 1.40. The van der Waals surface area contributed by atoms with E-state index in [1.807, 2.05) is 0 Å². The van der Waals surface area contributed by atoms with Crippen LogP contribution in [0.2, 0.25) is 10.0 Å². The zero-order valence-electron chi connectivity index (χ0n) is 16.7. The quantitative estimate of drug-likeness (QED) is 0.498. The van der Waals surface area contributed by atoms with Crippen molar-refractivity contribution in [1.29, 1.82) is 0 Å². The van der Waals surface area contributed by atoms with Crippen LogP contribution < -0.4 is 11.1 Å². The first-order valence-electron chi connectivity index (χ1n) is 9.81. The van der Waals surface area contributed by atoms with E-state index in [2.05, 4.69) is 15.3 Å². The maximum Gasteiger partial charge on any atom is 0.265 e. The molecule has 0 radical (unpaired) electrons. The number of anilines is 1. The predicted octanol–water partition coefficient (Wildman–Crippen LogP) is 4.03. The highest BCUT2D eigenvalue weighted by molar-refractivity contribution is 7.14. The number of nitrogens with one attached hydrogen (secondary N) is 2. The summed E-state index contributed by atoms with van der Waals surface area (Å²) >= 11 is 13.2. The lowest BCUT2D eigenvalue weighted by atomic mass is 9.96. The third-order valence-electron chi connectivity index (χ3n) is 5.22. The SMILES string of the molecule is NC(=O)c1cc(-c2csc(NC(=O)C3CCCN(C(=O)c4ccc(Cl)c(Cl)c4)C3)n2)c[nH]1. The maximum atomic E-state index is 12.8. The van der Waals surface area contributed by atoms with Crippen LogP contribution in [0.5, 0.6) is 0 Å². The molecule has 4 rings (SSSR count). The summed E-state index contributed by atoms with van der Waals surface area (Å²) in [6.45, 7) is 0.878. The van der Waals surface area contributed by atoms with Gasteiger partial charge in [-0.15, -0.1) is 11.3 Å². The first-order valence-corrected chi connectivity index (χ1v) is 11.4. The largest absolute Gasteiger partial charge is 0.364 e. The van der Waals surface area contributed by atoms with Crippen LogP contribution in [0, 0.1) is 5.92 Å². The van der Waals surface area contributed by atoms with E-state index in [9.17, 15) is 14.4 Å². The van der Waals surface area contributed by atoms with E-state index in [1.165, 1.54) is 17.4 Å². The zero-order chi connectivity index (χ0) is 22.8. The van der Waals surface area contributed by atoms with Crippen molar-refractivity contribution in [3.8, 4) is 11.3 Å². The van der Waals surface area contributed by atoms with Crippen molar-refractivity contribution in [2.75, 3.05) is 18.4 Å². The van der Waals surface area contributed by atoms with Gasteiger partial charge in [0.25, 0.3) is 11.8 Å². The molecule has 4 N–H and O–H groups in total. The summed E-state index contributed by atoms with van der Waals surface area (Å²) in [5.41, 5.74) is 7.30. The fourth-order valence-electron chi connectivity index (χ4n) is 3.54. The van der Waals surface area contributed by atoms with Crippen LogP contribution in [-0.2, 0) is 4.79 Å². The van der Waals surface area contributed by atoms with Gasteiger partial charge in [-0.3, -0.25) is 14.4 Å². The highest BCUT2D eigenvalue weighted by atomic mass is 35.5. The number of carbonyl (C=O) groups excluding carboxylic acids is 3. The number of rotatable bonds is 5. The highest BCUT2D eigenvalue weighted by Gasteiger charge is 2.29. The molecule has 32 heavy (non-hydrogen) atoms. The molecule has 2 aromatic heterocycles. The molecule has 8 nitrogen and oxygen atoms in total. The van der Waals surface area contributed by atoms with Gasteiger partial charge in [0.15, 0.2) is 5.13 Å². The van der Waals surface area contributed by atoms with E-state index >= 15 is 0 Å². The van der Waals surface area contributed by atoms with Gasteiger partial charge in [0.1, 0.15) is 5.69 Å². The third-order valence-corrected chi connectivity index (χ3v) is 6.72. The number of H-pyrrole nitrogens is 1. The average molecular weight is 492 g/mol. The Labute approximate surface area is 197 Å². The zero-order valence-corrected chi connectivity index (χ0v) is 19.1. The molecule has 1 aliphatic rings. The summed E-state index contributed by atoms with van der Waals surface area (Å²) in [7, 11) is 0. The number of nitrogens with zero attached hydrogens (tertiary/aromatic N) is 2. The average Bonchev–Trinajstić information content (AvgIpc) is 3.45. The number of hydrogen-bond acceptors (Lipinski definition) is 5. The molecule has 0 aliphatic carbocycles. The number of halogens is 2. The summed E-state index contributed by atoms with van der Waals surface area (Å²) in [5.74, 6) is -1.28. The lowest BCUT2D eigenvalue weighted by Gasteiger charge is -2.32. The van der Waals surface area contributed by atoms with Crippen molar-refractivity contribution >= 4 is 57.4 Å². The molecule has 3 heterocycles. The van der Waals surface area contributed by atoms with Crippen LogP contribution >= 0.6 is 34.5 Å². The first-order chi connectivity index (χ1) is 15.3. The monoisotopic (exact) mass is 491 g/mol. The van der Waals surface area contributed by atoms with Gasteiger partial charge in [0.2, 0.25) is 5.91 Å². The molecule has 1 saturated heterocycles. The molecule has 166 valence electrons. The molecule has 1 fully saturated rings. The topological polar surface area (TPSA) is 121 Å². The fraction of sp³-hybridized carbons (Fsp3) is 0.238. The molecular formula is C21H19Cl2N5O3S. The van der Waals surface area contributed by atoms with Crippen LogP contribution in [0.1, 0.15) is 33.7 Å². The summed E-state index contributed by atoms with van der Waals surface area (Å²) in [6.07, 6.45) is 3.02. The van der Waals surface area contributed by atoms with Gasteiger partial charge >= 0.3 is 0 Å². The minimum Gasteiger partial charge on any atom is -0.364 e. The number of hydrogen-bond donors (Lipinski definition) is 3. The van der Waals surface area contributed by atoms with E-state index in [0.29, 0.717) is 57.9 Å². The molecule has 1 atom stereocenters. The minimum absolute atomic E-state index is 0.185. The molecule has 0 spiro atoms. The van der Waals surface area contributed by atoms with Crippen molar-refractivity contribution in [3.63, 3.8) is 0 Å². The molecule has 11 heteroatoms. The van der Waals surface area contributed by atoms with Gasteiger partial charge in [-0.05, 0) is 37.1 Å². The summed E-state index contributed by atoms with van der Waals surface area (Å²) in [6, 6.07) is 6.36. The Kier molecular flexibility index (Phi) is 6.50. The fourth-order valence-corrected chi connectivity index (χ4v) is 4.56. The number of amides is 3. The second-order valence-electron chi connectivity index (χ2n) is 7.41. The Hall–Kier alpha value is -2.88. The number of nitrogens with two attached hydrogens (primary N) is 1. The standard InChI is InChI=1S/C21H19Cl2N5O3S/c22-14-4-3-11(6-15(14)23)20(31)28-5-1-2-12(9-28)19(30)27-21-26-17(10-32-21)13-7-16(18(24)29)25-8-13/h3-4,6-8,10,12,25H,1-2,5,9H2,(H2,24,29)(H,26,27,30). The predicted molar refractivity (Wildman–Crippen MR) is 124 cm³/mol. The second-order valence-corrected chi connectivity index (χ2v) is 9.09. The number of benzene rings is 1. The number of thiazole rings is 1. The molecule has 0 saturated carbocycles. The summed E-state index contributed by atoms with van der Waals surface area (Å²) < 4.78 is 0. The molecule has 3 amide bonds. The minimum atomic E-state index is -0.558. The van der Waals surface area contributed by atoms with E-state index in [0.717, 1.165) is 0 Å². The number of aromatic amines is 1. The molecule has 0 bridgehead atoms. The number of aromatic nitrogens is 2. The summed E-state index contributed by atoms with van der Waals surface area (Å²) in [5, 5.41) is 5.76. The van der Waals surface area contributed by atoms with E-state index in [4.69, 9.17) is 28.9 Å². The molecule has 1 aromatic carbocycles. The molecule has 1 unspecified atom stereocenters. The summed E-state index contributed by atoms with van der Waals surface area (Å²) in [4.78, 5) is 45.8. The number of primary amides is 1. The van der Waals surface area contributed by atoms with E-state index in [1.54, 1.807) is 34.7 Å². The molecular weight excluding hydrogens is 473 g/mol. The van der Waals surface area contributed by atoms with Gasteiger partial charge < -0.3 is 20.9 Å². The Morgan fingerprint density at radius 3 is 2.75 bits per heavy atom. The van der Waals surface area contributed by atoms with Gasteiger partial charge in [-0.1, -0.05) is 23.2 Å². The lowest BCUT2D eigenvalue weighted by molar-refractivity contribution is -0.121. The Morgan fingerprint density at radius 1 is 1.22 bits per heavy atom. The maximum absolute atomic E-state index is 12.8. The van der Waals surface area contributed by atoms with Crippen molar-refractivity contribution in [2.45, 2.75) is 12.8 Å². The van der Waals surface area contributed by atoms with E-state index in [-0.39, 0.29) is 23.4 Å². The third kappa shape index (κ3) is 4.79. The normalized spacial score (nSPS) is 16.1. The number of piperidine rings is 1. The number of likely N-dealkylation sites (tertiary alicyclic amines) is 1. The van der Waals surface area contributed by atoms with Crippen LogP contribution in [0.4, 0.5) is 5.13 Å². The van der Waals surface area contributed by atoms with Gasteiger partial charge in [-0.25, -0.2) is 4.98 Å². The Bertz CT molecular complexity index is 1190. The van der Waals surface area contributed by atoms with Gasteiger partial charge in [0.05, 0.1) is 21.7 Å². The Morgan fingerprint density at radius 2 is 2.03 bits per heavy atom. The smallest absolute Gasteiger partial charge is 0.265 e. The van der Waals surface area contributed by atoms with Crippen molar-refractivity contribution in [1.82, 2.24) is 14.9 Å². The van der Waals surface area contributed by atoms with Gasteiger partial charge in [0, 0.05) is 35.8 Å². The lowest BCUT2D eigenvalue weighted by Crippen LogP contribution is -2.43. The van der Waals surface area contributed by atoms with E-state index < -0.39 is 5.91 Å². The van der Waals surface area contributed by atoms with Crippen molar-refractivity contribution in [3.05, 3.63) is 57.1 Å². The van der Waals surface area contributed by atoms with Gasteiger partial charge in [-0.2, -0.15) is 0 Å². The van der Waals surface area contributed by atoms with Crippen LogP contribution in [0.25, 0.3) is 11.3 Å². The second kappa shape index (κ2) is 9.32.